The molecule has 1 saturated heterocycles. The minimum atomic E-state index is -0.0644. The van der Waals surface area contributed by atoms with Gasteiger partial charge in [-0.05, 0) is 42.5 Å². The van der Waals surface area contributed by atoms with Crippen molar-refractivity contribution in [3.63, 3.8) is 0 Å². The summed E-state index contributed by atoms with van der Waals surface area (Å²) in [5, 5.41) is 2.52. The van der Waals surface area contributed by atoms with Gasteiger partial charge in [-0.1, -0.05) is 6.07 Å². The zero-order valence-corrected chi connectivity index (χ0v) is 14.9. The van der Waals surface area contributed by atoms with E-state index >= 15 is 0 Å². The molecule has 1 aliphatic rings. The number of piperidine rings is 1. The average molecular weight is 366 g/mol. The van der Waals surface area contributed by atoms with Crippen molar-refractivity contribution in [3.8, 4) is 0 Å². The first-order valence-electron chi connectivity index (χ1n) is 8.55. The molecule has 4 rings (SSSR count). The first-order valence-corrected chi connectivity index (χ1v) is 9.43. The SMILES string of the molecule is O=C(/C=C/c1cccs1)N1CCC(n2cnc3ncccc3c2=O)CC1. The number of hydrogen-bond donors (Lipinski definition) is 0. The lowest BCUT2D eigenvalue weighted by Gasteiger charge is -2.32. The van der Waals surface area contributed by atoms with Crippen LogP contribution in [0, 0.1) is 0 Å². The molecule has 0 bridgehead atoms. The van der Waals surface area contributed by atoms with Crippen molar-refractivity contribution in [2.75, 3.05) is 13.1 Å². The average Bonchev–Trinajstić information content (AvgIpc) is 3.20. The highest BCUT2D eigenvalue weighted by Gasteiger charge is 2.24. The molecule has 3 aromatic rings. The minimum Gasteiger partial charge on any atom is -0.339 e. The van der Waals surface area contributed by atoms with Gasteiger partial charge in [0.05, 0.1) is 5.39 Å². The summed E-state index contributed by atoms with van der Waals surface area (Å²) >= 11 is 1.60. The summed E-state index contributed by atoms with van der Waals surface area (Å²) in [6.07, 6.45) is 8.17. The standard InChI is InChI=1S/C19H18N4O2S/c24-17(6-5-15-3-2-12-26-15)22-10-7-14(8-11-22)23-13-21-18-16(19(23)25)4-1-9-20-18/h1-6,9,12-14H,7-8,10-11H2/b6-5+. The fourth-order valence-corrected chi connectivity index (χ4v) is 3.86. The summed E-state index contributed by atoms with van der Waals surface area (Å²) in [7, 11) is 0. The number of hydrogen-bond acceptors (Lipinski definition) is 5. The molecule has 3 aromatic heterocycles. The monoisotopic (exact) mass is 366 g/mol. The van der Waals surface area contributed by atoms with E-state index in [4.69, 9.17) is 0 Å². The third-order valence-electron chi connectivity index (χ3n) is 4.66. The lowest BCUT2D eigenvalue weighted by Crippen LogP contribution is -2.40. The molecule has 0 aliphatic carbocycles. The summed E-state index contributed by atoms with van der Waals surface area (Å²) in [5.41, 5.74) is 0.408. The molecule has 0 radical (unpaired) electrons. The Hall–Kier alpha value is -2.80. The highest BCUT2D eigenvalue weighted by molar-refractivity contribution is 7.10. The van der Waals surface area contributed by atoms with Gasteiger partial charge in [-0.25, -0.2) is 9.97 Å². The second-order valence-corrected chi connectivity index (χ2v) is 7.22. The zero-order valence-electron chi connectivity index (χ0n) is 14.1. The maximum atomic E-state index is 12.7. The first kappa shape index (κ1) is 16.7. The fourth-order valence-electron chi connectivity index (χ4n) is 3.24. The summed E-state index contributed by atoms with van der Waals surface area (Å²) in [6, 6.07) is 7.50. The zero-order chi connectivity index (χ0) is 17.9. The van der Waals surface area contributed by atoms with E-state index < -0.39 is 0 Å². The van der Waals surface area contributed by atoms with E-state index in [1.54, 1.807) is 46.6 Å². The Kier molecular flexibility index (Phi) is 4.62. The number of likely N-dealkylation sites (tertiary alicyclic amines) is 1. The van der Waals surface area contributed by atoms with Crippen LogP contribution in [0.15, 0.2) is 53.0 Å². The topological polar surface area (TPSA) is 68.1 Å². The van der Waals surface area contributed by atoms with Crippen molar-refractivity contribution >= 4 is 34.4 Å². The van der Waals surface area contributed by atoms with Crippen LogP contribution in [-0.2, 0) is 4.79 Å². The van der Waals surface area contributed by atoms with Crippen LogP contribution in [0.2, 0.25) is 0 Å². The van der Waals surface area contributed by atoms with Crippen LogP contribution in [0.5, 0.6) is 0 Å². The second kappa shape index (κ2) is 7.21. The molecular formula is C19H18N4O2S. The van der Waals surface area contributed by atoms with Crippen molar-refractivity contribution in [1.29, 1.82) is 0 Å². The quantitative estimate of drug-likeness (QED) is 0.669. The Balaban J connectivity index is 1.44. The summed E-state index contributed by atoms with van der Waals surface area (Å²) in [4.78, 5) is 36.3. The largest absolute Gasteiger partial charge is 0.339 e. The van der Waals surface area contributed by atoms with Gasteiger partial charge in [0.1, 0.15) is 6.33 Å². The minimum absolute atomic E-state index is 0.0185. The van der Waals surface area contributed by atoms with E-state index in [0.717, 1.165) is 17.7 Å². The molecule has 0 atom stereocenters. The normalized spacial score (nSPS) is 15.8. The summed E-state index contributed by atoms with van der Waals surface area (Å²) in [6.45, 7) is 1.27. The number of amides is 1. The van der Waals surface area contributed by atoms with Crippen molar-refractivity contribution in [2.24, 2.45) is 0 Å². The number of aromatic nitrogens is 3. The number of rotatable bonds is 3. The van der Waals surface area contributed by atoms with Crippen molar-refractivity contribution in [3.05, 3.63) is 63.5 Å². The van der Waals surface area contributed by atoms with E-state index in [0.29, 0.717) is 24.1 Å². The molecule has 0 N–H and O–H groups in total. The van der Waals surface area contributed by atoms with Gasteiger partial charge in [0, 0.05) is 36.3 Å². The lowest BCUT2D eigenvalue weighted by molar-refractivity contribution is -0.127. The summed E-state index contributed by atoms with van der Waals surface area (Å²) < 4.78 is 1.69. The molecule has 132 valence electrons. The van der Waals surface area contributed by atoms with Crippen LogP contribution in [0.25, 0.3) is 17.1 Å². The third kappa shape index (κ3) is 3.30. The van der Waals surface area contributed by atoms with Crippen LogP contribution in [-0.4, -0.2) is 38.4 Å². The van der Waals surface area contributed by atoms with Gasteiger partial charge < -0.3 is 4.90 Å². The molecule has 4 heterocycles. The highest BCUT2D eigenvalue weighted by Crippen LogP contribution is 2.22. The van der Waals surface area contributed by atoms with Gasteiger partial charge in [0.2, 0.25) is 5.91 Å². The van der Waals surface area contributed by atoms with E-state index in [2.05, 4.69) is 9.97 Å². The summed E-state index contributed by atoms with van der Waals surface area (Å²) in [5.74, 6) is 0.0185. The first-order chi connectivity index (χ1) is 12.7. The van der Waals surface area contributed by atoms with Crippen LogP contribution in [0.4, 0.5) is 0 Å². The Morgan fingerprint density at radius 2 is 2.04 bits per heavy atom. The van der Waals surface area contributed by atoms with Crippen molar-refractivity contribution in [1.82, 2.24) is 19.4 Å². The van der Waals surface area contributed by atoms with E-state index in [1.165, 1.54) is 0 Å². The molecule has 0 spiro atoms. The number of nitrogens with zero attached hydrogens (tertiary/aromatic N) is 4. The maximum absolute atomic E-state index is 12.7. The molecule has 0 saturated carbocycles. The molecule has 1 fully saturated rings. The van der Waals surface area contributed by atoms with Crippen molar-refractivity contribution < 1.29 is 4.79 Å². The number of thiophene rings is 1. The lowest BCUT2D eigenvalue weighted by atomic mass is 10.0. The van der Waals surface area contributed by atoms with Gasteiger partial charge in [0.15, 0.2) is 5.65 Å². The molecule has 1 amide bonds. The molecule has 6 nitrogen and oxygen atoms in total. The van der Waals surface area contributed by atoms with Crippen LogP contribution in [0.1, 0.15) is 23.8 Å². The predicted octanol–water partition coefficient (Wildman–Crippen LogP) is 2.73. The van der Waals surface area contributed by atoms with E-state index in [-0.39, 0.29) is 17.5 Å². The molecule has 7 heteroatoms. The van der Waals surface area contributed by atoms with Gasteiger partial charge >= 0.3 is 0 Å². The van der Waals surface area contributed by atoms with Gasteiger partial charge in [-0.15, -0.1) is 11.3 Å². The molecule has 26 heavy (non-hydrogen) atoms. The van der Waals surface area contributed by atoms with Crippen LogP contribution < -0.4 is 5.56 Å². The second-order valence-electron chi connectivity index (χ2n) is 6.24. The Bertz CT molecular complexity index is 1000. The molecule has 0 unspecified atom stereocenters. The molecule has 1 aliphatic heterocycles. The Morgan fingerprint density at radius 1 is 1.19 bits per heavy atom. The molecular weight excluding hydrogens is 348 g/mol. The number of carbonyl (C=O) groups excluding carboxylic acids is 1. The van der Waals surface area contributed by atoms with Gasteiger partial charge in [-0.3, -0.25) is 14.2 Å². The van der Waals surface area contributed by atoms with E-state index in [1.807, 2.05) is 28.5 Å². The van der Waals surface area contributed by atoms with Gasteiger partial charge in [0.25, 0.3) is 5.56 Å². The van der Waals surface area contributed by atoms with Crippen LogP contribution in [0.3, 0.4) is 0 Å². The number of fused-ring (bicyclic) bond motifs is 1. The maximum Gasteiger partial charge on any atom is 0.263 e. The predicted molar refractivity (Wildman–Crippen MR) is 102 cm³/mol. The van der Waals surface area contributed by atoms with E-state index in [9.17, 15) is 9.59 Å². The highest BCUT2D eigenvalue weighted by atomic mass is 32.1. The third-order valence-corrected chi connectivity index (χ3v) is 5.50. The molecule has 0 aromatic carbocycles. The van der Waals surface area contributed by atoms with Crippen LogP contribution >= 0.6 is 11.3 Å². The van der Waals surface area contributed by atoms with Gasteiger partial charge in [-0.2, -0.15) is 0 Å². The Morgan fingerprint density at radius 3 is 2.81 bits per heavy atom. The van der Waals surface area contributed by atoms with Crippen molar-refractivity contribution in [2.45, 2.75) is 18.9 Å². The smallest absolute Gasteiger partial charge is 0.263 e. The fraction of sp³-hybridized carbons (Fsp3) is 0.263. The Labute approximate surface area is 154 Å². The number of carbonyl (C=O) groups is 1. The number of pyridine rings is 1.